The van der Waals surface area contributed by atoms with Crippen LogP contribution in [0.15, 0.2) is 34.5 Å². The monoisotopic (exact) mass is 204 g/mol. The van der Waals surface area contributed by atoms with Crippen LogP contribution in [-0.2, 0) is 9.53 Å². The summed E-state index contributed by atoms with van der Waals surface area (Å²) in [6.45, 7) is 0.571. The van der Waals surface area contributed by atoms with Gasteiger partial charge in [-0.05, 0) is 36.1 Å². The third-order valence-electron chi connectivity index (χ3n) is 3.13. The van der Waals surface area contributed by atoms with Crippen LogP contribution < -0.4 is 0 Å². The highest BCUT2D eigenvalue weighted by Crippen LogP contribution is 2.39. The molecule has 0 radical (unpaired) electrons. The highest BCUT2D eigenvalue weighted by Gasteiger charge is 2.33. The van der Waals surface area contributed by atoms with Crippen LogP contribution in [0, 0.1) is 5.92 Å². The molecule has 2 aliphatic rings. The zero-order chi connectivity index (χ0) is 10.3. The molecule has 0 saturated carbocycles. The number of ketones is 1. The van der Waals surface area contributed by atoms with Crippen LogP contribution in [0.25, 0.3) is 0 Å². The molecule has 1 saturated heterocycles. The van der Waals surface area contributed by atoms with E-state index in [4.69, 9.17) is 9.15 Å². The van der Waals surface area contributed by atoms with Gasteiger partial charge in [0, 0.05) is 6.42 Å². The molecule has 0 aromatic carbocycles. The van der Waals surface area contributed by atoms with Gasteiger partial charge in [-0.1, -0.05) is 0 Å². The fourth-order valence-electron chi connectivity index (χ4n) is 2.35. The van der Waals surface area contributed by atoms with Gasteiger partial charge in [-0.25, -0.2) is 0 Å². The van der Waals surface area contributed by atoms with Gasteiger partial charge in [0.25, 0.3) is 0 Å². The second kappa shape index (κ2) is 3.35. The molecule has 3 rings (SSSR count). The first-order valence-electron chi connectivity index (χ1n) is 5.21. The summed E-state index contributed by atoms with van der Waals surface area (Å²) in [6.07, 6.45) is 4.93. The Balaban J connectivity index is 1.78. The summed E-state index contributed by atoms with van der Waals surface area (Å²) in [4.78, 5) is 11.2. The fourth-order valence-corrected chi connectivity index (χ4v) is 2.35. The van der Waals surface area contributed by atoms with E-state index in [9.17, 15) is 4.79 Å². The minimum absolute atomic E-state index is 0.0213. The van der Waals surface area contributed by atoms with E-state index in [1.165, 1.54) is 0 Å². The average molecular weight is 204 g/mol. The van der Waals surface area contributed by atoms with Crippen molar-refractivity contribution in [3.8, 4) is 0 Å². The summed E-state index contributed by atoms with van der Waals surface area (Å²) >= 11 is 0. The minimum atomic E-state index is 0.0213. The molecule has 3 heteroatoms. The largest absolute Gasteiger partial charge is 0.467 e. The van der Waals surface area contributed by atoms with Crippen LogP contribution in [0.1, 0.15) is 24.7 Å². The van der Waals surface area contributed by atoms with Gasteiger partial charge in [0.05, 0.1) is 12.9 Å². The standard InChI is InChI=1S/C12H12O3/c13-10-4-8-6-12(11-2-1-3-14-11)15-7-9(8)5-10/h1-3,5,8,12H,4,6-7H2/t8-,12-/m1/s1. The Hall–Kier alpha value is -1.35. The zero-order valence-corrected chi connectivity index (χ0v) is 8.31. The third-order valence-corrected chi connectivity index (χ3v) is 3.13. The van der Waals surface area contributed by atoms with E-state index < -0.39 is 0 Å². The first-order chi connectivity index (χ1) is 7.33. The summed E-state index contributed by atoms with van der Waals surface area (Å²) in [7, 11) is 0. The van der Waals surface area contributed by atoms with Gasteiger partial charge < -0.3 is 9.15 Å². The first-order valence-corrected chi connectivity index (χ1v) is 5.21. The van der Waals surface area contributed by atoms with E-state index in [0.717, 1.165) is 17.8 Å². The van der Waals surface area contributed by atoms with Crippen molar-refractivity contribution >= 4 is 5.78 Å². The van der Waals surface area contributed by atoms with Crippen molar-refractivity contribution < 1.29 is 13.9 Å². The third kappa shape index (κ3) is 1.53. The molecule has 0 N–H and O–H groups in total. The normalized spacial score (nSPS) is 30.1. The van der Waals surface area contributed by atoms with Gasteiger partial charge in [0.2, 0.25) is 0 Å². The lowest BCUT2D eigenvalue weighted by atomic mass is 9.91. The van der Waals surface area contributed by atoms with Crippen molar-refractivity contribution in [3.63, 3.8) is 0 Å². The average Bonchev–Trinajstić information content (AvgIpc) is 2.82. The Kier molecular flexibility index (Phi) is 1.99. The van der Waals surface area contributed by atoms with Gasteiger partial charge >= 0.3 is 0 Å². The van der Waals surface area contributed by atoms with Gasteiger partial charge in [-0.2, -0.15) is 0 Å². The number of ether oxygens (including phenoxy) is 1. The lowest BCUT2D eigenvalue weighted by Gasteiger charge is -2.27. The number of carbonyl (C=O) groups is 1. The summed E-state index contributed by atoms with van der Waals surface area (Å²) in [5, 5.41) is 0. The molecular formula is C12H12O3. The van der Waals surface area contributed by atoms with E-state index in [1.807, 2.05) is 12.1 Å². The lowest BCUT2D eigenvalue weighted by Crippen LogP contribution is -2.20. The van der Waals surface area contributed by atoms with Crippen molar-refractivity contribution in [1.82, 2.24) is 0 Å². The Labute approximate surface area is 87.7 Å². The molecular weight excluding hydrogens is 192 g/mol. The molecule has 0 bridgehead atoms. The number of carbonyl (C=O) groups excluding carboxylic acids is 1. The Bertz CT molecular complexity index is 403. The molecule has 0 spiro atoms. The summed E-state index contributed by atoms with van der Waals surface area (Å²) in [5.41, 5.74) is 1.16. The highest BCUT2D eigenvalue weighted by atomic mass is 16.5. The van der Waals surface area contributed by atoms with Gasteiger partial charge in [0.1, 0.15) is 11.9 Å². The van der Waals surface area contributed by atoms with Crippen LogP contribution in [0.3, 0.4) is 0 Å². The topological polar surface area (TPSA) is 39.4 Å². The summed E-state index contributed by atoms with van der Waals surface area (Å²) in [5.74, 6) is 1.48. The number of hydrogen-bond acceptors (Lipinski definition) is 3. The maximum absolute atomic E-state index is 11.2. The molecule has 1 aromatic rings. The molecule has 78 valence electrons. The molecule has 2 heterocycles. The quantitative estimate of drug-likeness (QED) is 0.704. The fraction of sp³-hybridized carbons (Fsp3) is 0.417. The van der Waals surface area contributed by atoms with E-state index in [0.29, 0.717) is 18.9 Å². The van der Waals surface area contributed by atoms with Gasteiger partial charge in [-0.3, -0.25) is 4.79 Å². The minimum Gasteiger partial charge on any atom is -0.467 e. The number of allylic oxidation sites excluding steroid dienone is 1. The van der Waals surface area contributed by atoms with Crippen LogP contribution >= 0.6 is 0 Å². The Morgan fingerprint density at radius 3 is 3.13 bits per heavy atom. The van der Waals surface area contributed by atoms with Crippen LogP contribution in [0.4, 0.5) is 0 Å². The molecule has 1 aromatic heterocycles. The number of rotatable bonds is 1. The predicted octanol–water partition coefficient (Wildman–Crippen LogP) is 2.26. The van der Waals surface area contributed by atoms with E-state index >= 15 is 0 Å². The molecule has 15 heavy (non-hydrogen) atoms. The maximum atomic E-state index is 11.2. The zero-order valence-electron chi connectivity index (χ0n) is 8.31. The maximum Gasteiger partial charge on any atom is 0.156 e. The predicted molar refractivity (Wildman–Crippen MR) is 53.2 cm³/mol. The van der Waals surface area contributed by atoms with E-state index in [1.54, 1.807) is 12.3 Å². The van der Waals surface area contributed by atoms with Crippen molar-refractivity contribution in [3.05, 3.63) is 35.8 Å². The Morgan fingerprint density at radius 2 is 2.33 bits per heavy atom. The molecule has 1 aliphatic heterocycles. The molecule has 2 atom stereocenters. The van der Waals surface area contributed by atoms with Gasteiger partial charge in [0.15, 0.2) is 5.78 Å². The highest BCUT2D eigenvalue weighted by molar-refractivity contribution is 5.93. The summed E-state index contributed by atoms with van der Waals surface area (Å²) in [6, 6.07) is 3.79. The van der Waals surface area contributed by atoms with E-state index in [-0.39, 0.29) is 11.9 Å². The second-order valence-electron chi connectivity index (χ2n) is 4.14. The Morgan fingerprint density at radius 1 is 1.40 bits per heavy atom. The number of fused-ring (bicyclic) bond motifs is 1. The van der Waals surface area contributed by atoms with Gasteiger partial charge in [-0.15, -0.1) is 0 Å². The van der Waals surface area contributed by atoms with Crippen molar-refractivity contribution in [2.45, 2.75) is 18.9 Å². The van der Waals surface area contributed by atoms with Crippen molar-refractivity contribution in [1.29, 1.82) is 0 Å². The first kappa shape index (κ1) is 8.92. The lowest BCUT2D eigenvalue weighted by molar-refractivity contribution is -0.114. The SMILES string of the molecule is O=C1C=C2CO[C@@H](c3ccco3)C[C@H]2C1. The van der Waals surface area contributed by atoms with Crippen molar-refractivity contribution in [2.24, 2.45) is 5.92 Å². The van der Waals surface area contributed by atoms with Crippen LogP contribution in [0.2, 0.25) is 0 Å². The smallest absolute Gasteiger partial charge is 0.156 e. The number of hydrogen-bond donors (Lipinski definition) is 0. The molecule has 3 nitrogen and oxygen atoms in total. The molecule has 0 unspecified atom stereocenters. The number of furan rings is 1. The summed E-state index contributed by atoms with van der Waals surface area (Å²) < 4.78 is 11.0. The molecule has 0 amide bonds. The second-order valence-corrected chi connectivity index (χ2v) is 4.14. The molecule has 1 aliphatic carbocycles. The van der Waals surface area contributed by atoms with Crippen LogP contribution in [0.5, 0.6) is 0 Å². The van der Waals surface area contributed by atoms with E-state index in [2.05, 4.69) is 0 Å². The molecule has 1 fully saturated rings. The van der Waals surface area contributed by atoms with Crippen molar-refractivity contribution in [2.75, 3.05) is 6.61 Å². The van der Waals surface area contributed by atoms with Crippen LogP contribution in [-0.4, -0.2) is 12.4 Å².